The summed E-state index contributed by atoms with van der Waals surface area (Å²) in [5, 5.41) is 3.22. The summed E-state index contributed by atoms with van der Waals surface area (Å²) < 4.78 is 7.45. The third-order valence-electron chi connectivity index (χ3n) is 5.20. The normalized spacial score (nSPS) is 17.2. The van der Waals surface area contributed by atoms with Gasteiger partial charge in [-0.25, -0.2) is 0 Å². The van der Waals surface area contributed by atoms with Crippen molar-refractivity contribution in [2.45, 2.75) is 66.3 Å². The molecule has 6 heteroatoms. The van der Waals surface area contributed by atoms with E-state index in [-0.39, 0.29) is 11.5 Å². The Labute approximate surface area is 163 Å². The van der Waals surface area contributed by atoms with Gasteiger partial charge in [0.05, 0.1) is 18.8 Å². The number of amides is 1. The predicted octanol–water partition coefficient (Wildman–Crippen LogP) is 2.84. The third kappa shape index (κ3) is 5.58. The van der Waals surface area contributed by atoms with Crippen LogP contribution < -0.4 is 15.5 Å². The Morgan fingerprint density at radius 3 is 2.33 bits per heavy atom. The first kappa shape index (κ1) is 23.2. The highest BCUT2D eigenvalue weighted by Crippen LogP contribution is 2.32. The minimum absolute atomic E-state index is 0.0142. The molecule has 6 nitrogen and oxygen atoms in total. The van der Waals surface area contributed by atoms with Gasteiger partial charge in [-0.2, -0.15) is 0 Å². The lowest BCUT2D eigenvalue weighted by Gasteiger charge is -2.25. The number of hydrogen-bond acceptors (Lipinski definition) is 4. The van der Waals surface area contributed by atoms with Crippen LogP contribution in [0.2, 0.25) is 0 Å². The fourth-order valence-corrected chi connectivity index (χ4v) is 3.75. The first-order chi connectivity index (χ1) is 13.0. The highest BCUT2D eigenvalue weighted by Gasteiger charge is 2.28. The highest BCUT2D eigenvalue weighted by atomic mass is 16.5. The van der Waals surface area contributed by atoms with Crippen molar-refractivity contribution in [1.82, 2.24) is 14.8 Å². The van der Waals surface area contributed by atoms with Crippen molar-refractivity contribution in [2.75, 3.05) is 33.3 Å². The summed E-state index contributed by atoms with van der Waals surface area (Å²) in [7, 11) is 1.53. The Balaban J connectivity index is 0.000000441. The third-order valence-corrected chi connectivity index (χ3v) is 5.20. The van der Waals surface area contributed by atoms with Crippen LogP contribution in [0, 0.1) is 13.8 Å². The van der Waals surface area contributed by atoms with Crippen LogP contribution >= 0.6 is 0 Å². The van der Waals surface area contributed by atoms with Crippen molar-refractivity contribution < 1.29 is 9.53 Å². The summed E-state index contributed by atoms with van der Waals surface area (Å²) in [4.78, 5) is 25.0. The zero-order valence-corrected chi connectivity index (χ0v) is 17.9. The second kappa shape index (κ2) is 11.8. The van der Waals surface area contributed by atoms with Gasteiger partial charge in [0.15, 0.2) is 5.75 Å². The number of nitrogens with zero attached hydrogens (tertiary/aromatic N) is 2. The molecule has 0 bridgehead atoms. The van der Waals surface area contributed by atoms with E-state index in [0.717, 1.165) is 36.2 Å². The maximum absolute atomic E-state index is 12.2. The molecule has 1 aromatic heterocycles. The van der Waals surface area contributed by atoms with Crippen molar-refractivity contribution in [3.8, 4) is 5.75 Å². The molecule has 0 aromatic carbocycles. The molecule has 0 saturated carbocycles. The largest absolute Gasteiger partial charge is 0.491 e. The second-order valence-electron chi connectivity index (χ2n) is 6.73. The molecule has 1 fully saturated rings. The van der Waals surface area contributed by atoms with E-state index in [2.05, 4.69) is 9.88 Å². The van der Waals surface area contributed by atoms with E-state index in [4.69, 9.17) is 4.74 Å². The van der Waals surface area contributed by atoms with Gasteiger partial charge < -0.3 is 19.5 Å². The number of methoxy groups -OCH3 is 1. The van der Waals surface area contributed by atoms with E-state index < -0.39 is 0 Å². The molecule has 1 unspecified atom stereocenters. The molecule has 1 saturated heterocycles. The summed E-state index contributed by atoms with van der Waals surface area (Å²) in [6.07, 6.45) is 5.51. The summed E-state index contributed by atoms with van der Waals surface area (Å²) >= 11 is 0. The number of pyridine rings is 1. The van der Waals surface area contributed by atoms with Crippen LogP contribution in [-0.2, 0) is 11.2 Å². The van der Waals surface area contributed by atoms with Crippen LogP contribution in [-0.4, -0.2) is 49.2 Å². The van der Waals surface area contributed by atoms with Crippen LogP contribution in [0.4, 0.5) is 0 Å². The van der Waals surface area contributed by atoms with E-state index in [0.29, 0.717) is 18.8 Å². The zero-order chi connectivity index (χ0) is 20.4. The van der Waals surface area contributed by atoms with E-state index >= 15 is 0 Å². The molecule has 0 radical (unpaired) electrons. The Hall–Kier alpha value is -1.82. The van der Waals surface area contributed by atoms with Gasteiger partial charge in [0, 0.05) is 24.3 Å². The molecule has 3 rings (SSSR count). The molecular weight excluding hydrogens is 342 g/mol. The minimum atomic E-state index is -0.0142. The summed E-state index contributed by atoms with van der Waals surface area (Å²) in [5.41, 5.74) is 2.70. The Bertz CT molecular complexity index is 643. The van der Waals surface area contributed by atoms with Crippen LogP contribution in [0.1, 0.15) is 63.0 Å². The molecule has 2 aliphatic rings. The van der Waals surface area contributed by atoms with Gasteiger partial charge in [-0.3, -0.25) is 9.59 Å². The van der Waals surface area contributed by atoms with Crippen molar-refractivity contribution in [3.63, 3.8) is 0 Å². The molecule has 0 spiro atoms. The van der Waals surface area contributed by atoms with Crippen molar-refractivity contribution >= 4 is 6.41 Å². The van der Waals surface area contributed by atoms with Gasteiger partial charge in [0.1, 0.15) is 0 Å². The molecule has 2 aliphatic heterocycles. The van der Waals surface area contributed by atoms with E-state index in [1.165, 1.54) is 33.0 Å². The monoisotopic (exact) mass is 379 g/mol. The first-order valence-corrected chi connectivity index (χ1v) is 10.2. The predicted molar refractivity (Wildman–Crippen MR) is 111 cm³/mol. The minimum Gasteiger partial charge on any atom is -0.491 e. The number of carbonyl (C=O) groups is 1. The number of hydrogen-bond donors (Lipinski definition) is 1. The van der Waals surface area contributed by atoms with Crippen molar-refractivity contribution in [1.29, 1.82) is 0 Å². The molecule has 1 aromatic rings. The van der Waals surface area contributed by atoms with Gasteiger partial charge in [-0.1, -0.05) is 13.8 Å². The summed E-state index contributed by atoms with van der Waals surface area (Å²) in [6.45, 7) is 13.6. The van der Waals surface area contributed by atoms with Crippen LogP contribution in [0.5, 0.6) is 5.75 Å². The topological polar surface area (TPSA) is 63.6 Å². The summed E-state index contributed by atoms with van der Waals surface area (Å²) in [6, 6.07) is 0.225. The molecule has 154 valence electrons. The number of nitrogens with one attached hydrogen (secondary N) is 1. The molecular formula is C21H37N3O3. The maximum atomic E-state index is 12.2. The Morgan fingerprint density at radius 2 is 1.89 bits per heavy atom. The van der Waals surface area contributed by atoms with Crippen LogP contribution in [0.15, 0.2) is 4.79 Å². The standard InChI is InChI=1S/C15H22N2O3.C4H9N.C2H6/c1-5-16(9-18)8-12-6-7-13-10(2)14(19)15(20-4)11(3)17(12)13;1-2-4-5-3-1;1-2/h9,12H,5-8H2,1-4H3;5H,1-4H2;1-2H3. The van der Waals surface area contributed by atoms with Crippen LogP contribution in [0.3, 0.4) is 0 Å². The fourth-order valence-electron chi connectivity index (χ4n) is 3.75. The van der Waals surface area contributed by atoms with Crippen molar-refractivity contribution in [2.24, 2.45) is 0 Å². The van der Waals surface area contributed by atoms with E-state index in [1.54, 1.807) is 4.90 Å². The van der Waals surface area contributed by atoms with Gasteiger partial charge in [0.25, 0.3) is 0 Å². The quantitative estimate of drug-likeness (QED) is 0.799. The number of rotatable bonds is 5. The van der Waals surface area contributed by atoms with Gasteiger partial charge in [-0.15, -0.1) is 0 Å². The lowest BCUT2D eigenvalue weighted by Crippen LogP contribution is -2.30. The highest BCUT2D eigenvalue weighted by molar-refractivity contribution is 5.47. The second-order valence-corrected chi connectivity index (χ2v) is 6.73. The molecule has 3 heterocycles. The van der Waals surface area contributed by atoms with E-state index in [1.807, 2.05) is 34.6 Å². The average Bonchev–Trinajstić information content (AvgIpc) is 3.40. The smallest absolute Gasteiger partial charge is 0.226 e. The first-order valence-electron chi connectivity index (χ1n) is 10.2. The average molecular weight is 380 g/mol. The number of ether oxygens (including phenoxy) is 1. The van der Waals surface area contributed by atoms with Crippen molar-refractivity contribution in [3.05, 3.63) is 27.2 Å². The lowest BCUT2D eigenvalue weighted by atomic mass is 10.1. The molecule has 1 atom stereocenters. The molecule has 0 aliphatic carbocycles. The Kier molecular flexibility index (Phi) is 10.1. The fraction of sp³-hybridized carbons (Fsp3) is 0.714. The number of likely N-dealkylation sites (N-methyl/N-ethyl adjacent to an activating group) is 1. The number of fused-ring (bicyclic) bond motifs is 1. The van der Waals surface area contributed by atoms with Gasteiger partial charge in [0.2, 0.25) is 11.8 Å². The molecule has 1 N–H and O–H groups in total. The molecule has 1 amide bonds. The molecule has 27 heavy (non-hydrogen) atoms. The SMILES string of the molecule is C1CCNC1.CC.CCN(C=O)CC1CCc2c(C)c(=O)c(OC)c(C)n21. The zero-order valence-electron chi connectivity index (χ0n) is 17.9. The van der Waals surface area contributed by atoms with Crippen LogP contribution in [0.25, 0.3) is 0 Å². The maximum Gasteiger partial charge on any atom is 0.226 e. The van der Waals surface area contributed by atoms with Gasteiger partial charge >= 0.3 is 0 Å². The number of carbonyl (C=O) groups excluding carboxylic acids is 1. The Morgan fingerprint density at radius 1 is 1.26 bits per heavy atom. The van der Waals surface area contributed by atoms with Gasteiger partial charge in [-0.05, 0) is 59.5 Å². The number of aromatic nitrogens is 1. The van der Waals surface area contributed by atoms with E-state index in [9.17, 15) is 9.59 Å². The lowest BCUT2D eigenvalue weighted by molar-refractivity contribution is -0.118. The summed E-state index contributed by atoms with van der Waals surface area (Å²) in [5.74, 6) is 0.423.